The molecule has 4 saturated carbocycles. The number of carbonyl (C=O) groups excluding carboxylic acids is 1. The number of hydrogen-bond acceptors (Lipinski definition) is 3. The highest BCUT2D eigenvalue weighted by Gasteiger charge is 2.58. The molecule has 0 aliphatic heterocycles. The Morgan fingerprint density at radius 2 is 1.82 bits per heavy atom. The minimum atomic E-state index is -0.447. The lowest BCUT2D eigenvalue weighted by molar-refractivity contribution is -0.133. The Hall–Kier alpha value is -1.68. The van der Waals surface area contributed by atoms with Crippen LogP contribution in [-0.4, -0.2) is 26.3 Å². The largest absolute Gasteiger partial charge is 0.390 e. The van der Waals surface area contributed by atoms with E-state index >= 15 is 0 Å². The fraction of sp³-hybridized carbons (Fsp3) is 0.724. The lowest BCUT2D eigenvalue weighted by atomic mass is 9.49. The first-order chi connectivity index (χ1) is 15.8. The van der Waals surface area contributed by atoms with Gasteiger partial charge in [0.05, 0.1) is 11.1 Å². The maximum absolute atomic E-state index is 13.7. The summed E-state index contributed by atoms with van der Waals surface area (Å²) in [6.45, 7) is 7.01. The summed E-state index contributed by atoms with van der Waals surface area (Å²) in [6, 6.07) is 8.21. The first-order valence-corrected chi connectivity index (χ1v) is 13.4. The Balaban J connectivity index is 1.20. The predicted molar refractivity (Wildman–Crippen MR) is 131 cm³/mol. The van der Waals surface area contributed by atoms with E-state index in [4.69, 9.17) is 5.10 Å². The Labute approximate surface area is 198 Å². The van der Waals surface area contributed by atoms with Gasteiger partial charge < -0.3 is 5.11 Å². The summed E-state index contributed by atoms with van der Waals surface area (Å²) in [5.41, 5.74) is 1.80. The molecule has 4 aliphatic carbocycles. The van der Waals surface area contributed by atoms with Gasteiger partial charge in [0, 0.05) is 17.0 Å². The summed E-state index contributed by atoms with van der Waals surface area (Å²) >= 11 is 0. The number of carbonyl (C=O) groups is 1. The lowest BCUT2D eigenvalue weighted by Crippen LogP contribution is -2.51. The average Bonchev–Trinajstić information content (AvgIpc) is 3.29. The number of aromatic nitrogens is 2. The zero-order chi connectivity index (χ0) is 23.0. The third kappa shape index (κ3) is 3.42. The lowest BCUT2D eigenvalue weighted by Gasteiger charge is -2.56. The molecule has 0 amide bonds. The topological polar surface area (TPSA) is 55.1 Å². The fourth-order valence-electron chi connectivity index (χ4n) is 9.23. The van der Waals surface area contributed by atoms with Crippen molar-refractivity contribution < 1.29 is 9.90 Å². The van der Waals surface area contributed by atoms with E-state index in [1.807, 2.05) is 29.8 Å². The molecule has 1 heterocycles. The molecule has 1 aromatic heterocycles. The molecule has 8 unspecified atom stereocenters. The summed E-state index contributed by atoms with van der Waals surface area (Å²) in [6.07, 6.45) is 10.6. The standard InChI is InChI=1S/C29H40N2O2/c1-18-20-6-4-5-7-26(20)30-31(18)17-27(32)25-11-10-24-23-9-8-19-16-28(2,33)14-12-21(19)22(23)13-15-29(24,25)3/h4-7,19,21-25,33H,8-17H2,1-3H3. The van der Waals surface area contributed by atoms with Crippen LogP contribution >= 0.6 is 0 Å². The maximum atomic E-state index is 13.7. The molecular formula is C29H40N2O2. The van der Waals surface area contributed by atoms with Crippen LogP contribution in [0.2, 0.25) is 0 Å². The van der Waals surface area contributed by atoms with Crippen molar-refractivity contribution in [2.45, 2.75) is 90.7 Å². The van der Waals surface area contributed by atoms with Crippen LogP contribution in [0.4, 0.5) is 0 Å². The van der Waals surface area contributed by atoms with E-state index in [1.165, 1.54) is 38.5 Å². The number of aliphatic hydroxyl groups is 1. The van der Waals surface area contributed by atoms with Gasteiger partial charge in [0.25, 0.3) is 0 Å². The highest BCUT2D eigenvalue weighted by molar-refractivity contribution is 5.84. The minimum Gasteiger partial charge on any atom is -0.390 e. The normalized spacial score (nSPS) is 42.5. The highest BCUT2D eigenvalue weighted by atomic mass is 16.3. The number of nitrogens with zero attached hydrogens (tertiary/aromatic N) is 2. The molecule has 2 aromatic rings. The van der Waals surface area contributed by atoms with Crippen molar-refractivity contribution in [2.24, 2.45) is 40.9 Å². The van der Waals surface area contributed by atoms with Crippen LogP contribution in [0.1, 0.15) is 77.3 Å². The van der Waals surface area contributed by atoms with Gasteiger partial charge in [-0.05, 0) is 113 Å². The highest BCUT2D eigenvalue weighted by Crippen LogP contribution is 2.64. The Morgan fingerprint density at radius 3 is 2.64 bits per heavy atom. The molecule has 4 fully saturated rings. The van der Waals surface area contributed by atoms with Crippen LogP contribution in [0.5, 0.6) is 0 Å². The second kappa shape index (κ2) is 7.66. The maximum Gasteiger partial charge on any atom is 0.157 e. The number of benzene rings is 1. The summed E-state index contributed by atoms with van der Waals surface area (Å²) in [5, 5.41) is 16.5. The Kier molecular flexibility index (Phi) is 5.07. The number of hydrogen-bond donors (Lipinski definition) is 1. The van der Waals surface area contributed by atoms with Crippen molar-refractivity contribution in [3.63, 3.8) is 0 Å². The third-order valence-corrected chi connectivity index (χ3v) is 10.8. The molecule has 33 heavy (non-hydrogen) atoms. The van der Waals surface area contributed by atoms with Gasteiger partial charge >= 0.3 is 0 Å². The van der Waals surface area contributed by atoms with Crippen LogP contribution in [-0.2, 0) is 11.3 Å². The van der Waals surface area contributed by atoms with Crippen molar-refractivity contribution in [3.05, 3.63) is 30.0 Å². The molecule has 0 bridgehead atoms. The number of rotatable bonds is 3. The summed E-state index contributed by atoms with van der Waals surface area (Å²) in [5.74, 6) is 4.42. The fourth-order valence-corrected chi connectivity index (χ4v) is 9.23. The summed E-state index contributed by atoms with van der Waals surface area (Å²) < 4.78 is 1.95. The van der Waals surface area contributed by atoms with Crippen LogP contribution in [0.3, 0.4) is 0 Å². The first kappa shape index (κ1) is 21.8. The van der Waals surface area contributed by atoms with Gasteiger partial charge in [-0.3, -0.25) is 9.48 Å². The van der Waals surface area contributed by atoms with E-state index in [2.05, 4.69) is 19.9 Å². The van der Waals surface area contributed by atoms with E-state index in [0.717, 1.165) is 59.5 Å². The van der Waals surface area contributed by atoms with Crippen LogP contribution in [0.25, 0.3) is 10.9 Å². The monoisotopic (exact) mass is 448 g/mol. The minimum absolute atomic E-state index is 0.158. The quantitative estimate of drug-likeness (QED) is 0.633. The molecule has 1 N–H and O–H groups in total. The third-order valence-electron chi connectivity index (χ3n) is 10.8. The van der Waals surface area contributed by atoms with Crippen molar-refractivity contribution >= 4 is 16.7 Å². The van der Waals surface area contributed by atoms with Gasteiger partial charge in [0.15, 0.2) is 5.78 Å². The van der Waals surface area contributed by atoms with Gasteiger partial charge in [-0.25, -0.2) is 0 Å². The van der Waals surface area contributed by atoms with E-state index in [9.17, 15) is 9.90 Å². The first-order valence-electron chi connectivity index (χ1n) is 13.4. The molecule has 4 aliphatic rings. The molecule has 178 valence electrons. The average molecular weight is 449 g/mol. The molecule has 8 atom stereocenters. The van der Waals surface area contributed by atoms with E-state index in [0.29, 0.717) is 18.2 Å². The van der Waals surface area contributed by atoms with Gasteiger partial charge in [-0.1, -0.05) is 25.1 Å². The molecule has 0 spiro atoms. The van der Waals surface area contributed by atoms with Crippen molar-refractivity contribution in [2.75, 3.05) is 0 Å². The smallest absolute Gasteiger partial charge is 0.157 e. The van der Waals surface area contributed by atoms with Crippen molar-refractivity contribution in [3.8, 4) is 0 Å². The summed E-state index contributed by atoms with van der Waals surface area (Å²) in [7, 11) is 0. The van der Waals surface area contributed by atoms with Gasteiger partial charge in [-0.2, -0.15) is 5.10 Å². The second-order valence-electron chi connectivity index (χ2n) is 12.6. The molecule has 4 heteroatoms. The van der Waals surface area contributed by atoms with Crippen LogP contribution in [0.15, 0.2) is 24.3 Å². The van der Waals surface area contributed by atoms with Gasteiger partial charge in [0.1, 0.15) is 6.54 Å². The molecule has 6 rings (SSSR count). The van der Waals surface area contributed by atoms with Crippen molar-refractivity contribution in [1.82, 2.24) is 9.78 Å². The number of fused-ring (bicyclic) bond motifs is 6. The van der Waals surface area contributed by atoms with E-state index in [1.54, 1.807) is 0 Å². The molecule has 1 aromatic carbocycles. The predicted octanol–water partition coefficient (Wildman–Crippen LogP) is 5.93. The van der Waals surface area contributed by atoms with Crippen molar-refractivity contribution in [1.29, 1.82) is 0 Å². The molecular weight excluding hydrogens is 408 g/mol. The molecule has 4 nitrogen and oxygen atoms in total. The Bertz CT molecular complexity index is 1070. The van der Waals surface area contributed by atoms with Gasteiger partial charge in [-0.15, -0.1) is 0 Å². The van der Waals surface area contributed by atoms with E-state index in [-0.39, 0.29) is 11.3 Å². The molecule has 0 saturated heterocycles. The second-order valence-corrected chi connectivity index (χ2v) is 12.6. The number of aryl methyl sites for hydroxylation is 1. The number of ketones is 1. The van der Waals surface area contributed by atoms with Crippen LogP contribution in [0, 0.1) is 47.8 Å². The van der Waals surface area contributed by atoms with Gasteiger partial charge in [0.2, 0.25) is 0 Å². The van der Waals surface area contributed by atoms with Crippen LogP contribution < -0.4 is 0 Å². The zero-order valence-corrected chi connectivity index (χ0v) is 20.6. The zero-order valence-electron chi connectivity index (χ0n) is 20.6. The molecule has 0 radical (unpaired) electrons. The number of Topliss-reactive ketones (excluding diaryl/α,β-unsaturated/α-hetero) is 1. The summed E-state index contributed by atoms with van der Waals surface area (Å²) in [4.78, 5) is 13.7. The Morgan fingerprint density at radius 1 is 1.03 bits per heavy atom. The SMILES string of the molecule is Cc1c2ccccc2nn1CC(=O)C1CCC2C3CCC4CC(C)(O)CCC4C3CCC12C. The van der Waals surface area contributed by atoms with E-state index < -0.39 is 5.60 Å².